The summed E-state index contributed by atoms with van der Waals surface area (Å²) >= 11 is 0. The molecule has 9 nitrogen and oxygen atoms in total. The first-order chi connectivity index (χ1) is 15.0. The molecule has 0 spiro atoms. The van der Waals surface area contributed by atoms with E-state index in [4.69, 9.17) is 10.5 Å². The zero-order valence-corrected chi connectivity index (χ0v) is 16.7. The van der Waals surface area contributed by atoms with Crippen molar-refractivity contribution in [1.82, 2.24) is 9.88 Å². The number of nitriles is 1. The average Bonchev–Trinajstić information content (AvgIpc) is 3.40. The van der Waals surface area contributed by atoms with Crippen LogP contribution in [0.5, 0.6) is 11.5 Å². The predicted octanol–water partition coefficient (Wildman–Crippen LogP) is 3.25. The molecule has 1 aliphatic rings. The number of aromatic nitrogens is 1. The molecule has 2 atom stereocenters. The van der Waals surface area contributed by atoms with Gasteiger partial charge >= 0.3 is 0 Å². The number of nitrogens with zero attached hydrogens (tertiary/aromatic N) is 3. The molecule has 0 bridgehead atoms. The van der Waals surface area contributed by atoms with E-state index in [-0.39, 0.29) is 11.6 Å². The van der Waals surface area contributed by atoms with Gasteiger partial charge in [0.15, 0.2) is 0 Å². The summed E-state index contributed by atoms with van der Waals surface area (Å²) < 4.78 is 5.83. The van der Waals surface area contributed by atoms with E-state index in [2.05, 4.69) is 11.1 Å². The van der Waals surface area contributed by atoms with Crippen molar-refractivity contribution < 1.29 is 14.5 Å². The molecule has 4 rings (SSSR count). The largest absolute Gasteiger partial charge is 0.457 e. The Morgan fingerprint density at radius 3 is 2.77 bits per heavy atom. The van der Waals surface area contributed by atoms with Gasteiger partial charge in [-0.3, -0.25) is 14.9 Å². The van der Waals surface area contributed by atoms with Crippen LogP contribution < -0.4 is 10.5 Å². The molecule has 2 heterocycles. The molecule has 0 aliphatic carbocycles. The number of rotatable bonds is 6. The van der Waals surface area contributed by atoms with Crippen LogP contribution in [0.1, 0.15) is 18.4 Å². The molecular formula is C22H21N5O4. The predicted molar refractivity (Wildman–Crippen MR) is 113 cm³/mol. The summed E-state index contributed by atoms with van der Waals surface area (Å²) in [5.41, 5.74) is 7.94. The molecule has 0 saturated carbocycles. The number of aromatic amines is 1. The average molecular weight is 419 g/mol. The lowest BCUT2D eigenvalue weighted by molar-refractivity contribution is -0.384. The van der Waals surface area contributed by atoms with E-state index < -0.39 is 17.0 Å². The number of amides is 1. The lowest BCUT2D eigenvalue weighted by Crippen LogP contribution is -2.46. The van der Waals surface area contributed by atoms with Crippen LogP contribution >= 0.6 is 0 Å². The number of hydrogen-bond donors (Lipinski definition) is 2. The van der Waals surface area contributed by atoms with Crippen molar-refractivity contribution in [3.63, 3.8) is 0 Å². The van der Waals surface area contributed by atoms with Crippen molar-refractivity contribution in [3.05, 3.63) is 64.3 Å². The molecule has 2 unspecified atom stereocenters. The summed E-state index contributed by atoms with van der Waals surface area (Å²) in [7, 11) is 0. The van der Waals surface area contributed by atoms with Crippen LogP contribution in [-0.2, 0) is 11.2 Å². The molecule has 2 aromatic carbocycles. The molecule has 3 N–H and O–H groups in total. The molecule has 1 aliphatic heterocycles. The van der Waals surface area contributed by atoms with E-state index in [0.717, 1.165) is 22.9 Å². The second kappa shape index (κ2) is 8.45. The standard InChI is InChI=1S/C22H21N5O4/c23-12-16-2-1-9-26(16)22(28)20(24)10-14-13-25-21-8-7-18(11-19(14)21)31-17-5-3-15(4-6-17)27(29)30/h3-8,11,13,16,20,25H,1-2,9-10,24H2. The molecule has 1 saturated heterocycles. The molecule has 3 aromatic rings. The van der Waals surface area contributed by atoms with E-state index in [1.807, 2.05) is 18.3 Å². The van der Waals surface area contributed by atoms with Crippen molar-refractivity contribution in [3.8, 4) is 17.6 Å². The highest BCUT2D eigenvalue weighted by atomic mass is 16.6. The van der Waals surface area contributed by atoms with Gasteiger partial charge in [0.2, 0.25) is 5.91 Å². The third-order valence-corrected chi connectivity index (χ3v) is 5.46. The van der Waals surface area contributed by atoms with Gasteiger partial charge in [-0.2, -0.15) is 5.26 Å². The topological polar surface area (TPSA) is 138 Å². The summed E-state index contributed by atoms with van der Waals surface area (Å²) in [6.45, 7) is 0.561. The van der Waals surface area contributed by atoms with Gasteiger partial charge < -0.3 is 20.4 Å². The SMILES string of the molecule is N#CC1CCCN1C(=O)C(N)Cc1c[nH]c2ccc(Oc3ccc([N+](=O)[O-])cc3)cc12. The number of nitrogens with two attached hydrogens (primary N) is 1. The number of nitro benzene ring substituents is 1. The normalized spacial score (nSPS) is 16.8. The number of carbonyl (C=O) groups excluding carboxylic acids is 1. The van der Waals surface area contributed by atoms with Gasteiger partial charge in [0.25, 0.3) is 5.69 Å². The number of fused-ring (bicyclic) bond motifs is 1. The lowest BCUT2D eigenvalue weighted by Gasteiger charge is -2.23. The number of H-pyrrole nitrogens is 1. The van der Waals surface area contributed by atoms with Gasteiger partial charge in [-0.25, -0.2) is 0 Å². The van der Waals surface area contributed by atoms with Gasteiger partial charge in [-0.05, 0) is 55.2 Å². The summed E-state index contributed by atoms with van der Waals surface area (Å²) in [6, 6.07) is 12.4. The first kappa shape index (κ1) is 20.4. The first-order valence-corrected chi connectivity index (χ1v) is 9.94. The minimum Gasteiger partial charge on any atom is -0.457 e. The van der Waals surface area contributed by atoms with Gasteiger partial charge in [-0.1, -0.05) is 0 Å². The maximum Gasteiger partial charge on any atom is 0.269 e. The third-order valence-electron chi connectivity index (χ3n) is 5.46. The van der Waals surface area contributed by atoms with Crippen molar-refractivity contribution in [1.29, 1.82) is 5.26 Å². The molecular weight excluding hydrogens is 398 g/mol. The number of nitrogens with one attached hydrogen (secondary N) is 1. The van der Waals surface area contributed by atoms with Crippen LogP contribution in [0.4, 0.5) is 5.69 Å². The van der Waals surface area contributed by atoms with Crippen LogP contribution in [0, 0.1) is 21.4 Å². The van der Waals surface area contributed by atoms with Gasteiger partial charge in [-0.15, -0.1) is 0 Å². The lowest BCUT2D eigenvalue weighted by atomic mass is 10.0. The van der Waals surface area contributed by atoms with E-state index in [9.17, 15) is 20.2 Å². The van der Waals surface area contributed by atoms with Crippen LogP contribution in [0.15, 0.2) is 48.7 Å². The van der Waals surface area contributed by atoms with Crippen molar-refractivity contribution in [2.75, 3.05) is 6.54 Å². The van der Waals surface area contributed by atoms with Gasteiger partial charge in [0.1, 0.15) is 17.5 Å². The fraction of sp³-hybridized carbons (Fsp3) is 0.273. The third kappa shape index (κ3) is 4.20. The van der Waals surface area contributed by atoms with Crippen molar-refractivity contribution in [2.24, 2.45) is 5.73 Å². The van der Waals surface area contributed by atoms with E-state index in [0.29, 0.717) is 30.9 Å². The Balaban J connectivity index is 1.51. The van der Waals surface area contributed by atoms with Crippen LogP contribution in [0.25, 0.3) is 10.9 Å². The van der Waals surface area contributed by atoms with Crippen LogP contribution in [0.2, 0.25) is 0 Å². The van der Waals surface area contributed by atoms with Gasteiger partial charge in [0.05, 0.1) is 17.0 Å². The highest BCUT2D eigenvalue weighted by molar-refractivity contribution is 5.87. The van der Waals surface area contributed by atoms with E-state index in [1.165, 1.54) is 24.3 Å². The monoisotopic (exact) mass is 419 g/mol. The Bertz CT molecular complexity index is 1160. The van der Waals surface area contributed by atoms with Crippen molar-refractivity contribution in [2.45, 2.75) is 31.3 Å². The van der Waals surface area contributed by atoms with E-state index in [1.54, 1.807) is 11.0 Å². The number of nitro groups is 1. The maximum absolute atomic E-state index is 12.7. The molecule has 158 valence electrons. The maximum atomic E-state index is 12.7. The Labute approximate surface area is 178 Å². The number of non-ortho nitro benzene ring substituents is 1. The Morgan fingerprint density at radius 1 is 1.32 bits per heavy atom. The van der Waals surface area contributed by atoms with Crippen LogP contribution in [0.3, 0.4) is 0 Å². The number of ether oxygens (including phenoxy) is 1. The smallest absolute Gasteiger partial charge is 0.269 e. The summed E-state index contributed by atoms with van der Waals surface area (Å²) in [6.07, 6.45) is 3.65. The molecule has 0 radical (unpaired) electrons. The number of hydrogen-bond acceptors (Lipinski definition) is 6. The number of carbonyl (C=O) groups is 1. The Hall–Kier alpha value is -3.90. The highest BCUT2D eigenvalue weighted by Gasteiger charge is 2.31. The molecule has 31 heavy (non-hydrogen) atoms. The zero-order chi connectivity index (χ0) is 22.0. The minimum absolute atomic E-state index is 0.00832. The van der Waals surface area contributed by atoms with Crippen LogP contribution in [-0.4, -0.2) is 39.3 Å². The molecule has 1 aromatic heterocycles. The second-order valence-corrected chi connectivity index (χ2v) is 7.50. The summed E-state index contributed by atoms with van der Waals surface area (Å²) in [4.78, 5) is 27.8. The van der Waals surface area contributed by atoms with Crippen molar-refractivity contribution >= 4 is 22.5 Å². The number of likely N-dealkylation sites (tertiary alicyclic amines) is 1. The van der Waals surface area contributed by atoms with Gasteiger partial charge in [0, 0.05) is 35.8 Å². The highest BCUT2D eigenvalue weighted by Crippen LogP contribution is 2.29. The quantitative estimate of drug-likeness (QED) is 0.464. The second-order valence-electron chi connectivity index (χ2n) is 7.50. The Morgan fingerprint density at radius 2 is 2.06 bits per heavy atom. The first-order valence-electron chi connectivity index (χ1n) is 9.94. The minimum atomic E-state index is -0.743. The fourth-order valence-electron chi connectivity index (χ4n) is 3.86. The molecule has 9 heteroatoms. The molecule has 1 fully saturated rings. The molecule has 1 amide bonds. The zero-order valence-electron chi connectivity index (χ0n) is 16.7. The summed E-state index contributed by atoms with van der Waals surface area (Å²) in [5.74, 6) is 0.827. The summed E-state index contributed by atoms with van der Waals surface area (Å²) in [5, 5.41) is 20.9. The number of benzene rings is 2. The van der Waals surface area contributed by atoms with E-state index >= 15 is 0 Å². The Kier molecular flexibility index (Phi) is 5.56. The fourth-order valence-corrected chi connectivity index (χ4v) is 3.86.